The third-order valence-electron chi connectivity index (χ3n) is 6.48. The number of alkyl halides is 3. The first-order valence-electron chi connectivity index (χ1n) is 11.1. The lowest BCUT2D eigenvalue weighted by atomic mass is 10.2. The van der Waals surface area contributed by atoms with Crippen LogP contribution in [0.1, 0.15) is 31.9 Å². The molecule has 1 amide bonds. The number of aromatic nitrogens is 2. The van der Waals surface area contributed by atoms with E-state index in [2.05, 4.69) is 4.98 Å². The van der Waals surface area contributed by atoms with E-state index in [1.807, 2.05) is 41.5 Å². The number of hydrogen-bond donors (Lipinski definition) is 0. The van der Waals surface area contributed by atoms with Gasteiger partial charge in [-0.25, -0.2) is 9.78 Å². The second kappa shape index (κ2) is 9.54. The Kier molecular flexibility index (Phi) is 6.91. The maximum absolute atomic E-state index is 13.0. The fraction of sp³-hybridized carbons (Fsp3) is 0.565. The van der Waals surface area contributed by atoms with Crippen molar-refractivity contribution in [1.82, 2.24) is 19.4 Å². The largest absolute Gasteiger partial charge is 0.416 e. The number of likely N-dealkylation sites (tertiary alicyclic amines) is 1. The van der Waals surface area contributed by atoms with Crippen LogP contribution < -0.4 is 4.74 Å². The van der Waals surface area contributed by atoms with Gasteiger partial charge < -0.3 is 19.1 Å². The average molecular weight is 485 g/mol. The third kappa shape index (κ3) is 6.20. The van der Waals surface area contributed by atoms with Crippen LogP contribution in [0.5, 0.6) is 5.88 Å². The topological polar surface area (TPSA) is 50.6 Å². The lowest BCUT2D eigenvalue weighted by Gasteiger charge is -2.25. The first-order chi connectivity index (χ1) is 15.6. The van der Waals surface area contributed by atoms with E-state index >= 15 is 0 Å². The van der Waals surface area contributed by atoms with Crippen molar-refractivity contribution in [1.29, 1.82) is 0 Å². The molecule has 1 aromatic heterocycles. The molecular weight excluding hydrogens is 457 g/mol. The number of amides is 1. The summed E-state index contributed by atoms with van der Waals surface area (Å²) in [5.41, 5.74) is 0.879. The second-order valence-electron chi connectivity index (χ2n) is 9.25. The van der Waals surface area contributed by atoms with Crippen molar-refractivity contribution in [2.24, 2.45) is 17.8 Å². The van der Waals surface area contributed by atoms with Gasteiger partial charge in [0.05, 0.1) is 18.9 Å². The molecule has 33 heavy (non-hydrogen) atoms. The first kappa shape index (κ1) is 23.9. The van der Waals surface area contributed by atoms with Crippen molar-refractivity contribution in [3.05, 3.63) is 47.4 Å². The molecule has 10 heteroatoms. The fourth-order valence-electron chi connectivity index (χ4n) is 4.60. The Morgan fingerprint density at radius 2 is 2.03 bits per heavy atom. The molecule has 2 fully saturated rings. The van der Waals surface area contributed by atoms with E-state index in [1.54, 1.807) is 23.5 Å². The van der Waals surface area contributed by atoms with Crippen LogP contribution in [-0.2, 0) is 6.54 Å². The zero-order chi connectivity index (χ0) is 23.8. The summed E-state index contributed by atoms with van der Waals surface area (Å²) in [5.74, 6) is 1.12. The fourth-order valence-corrected chi connectivity index (χ4v) is 4.81. The molecule has 1 saturated carbocycles. The molecule has 1 aromatic carbocycles. The van der Waals surface area contributed by atoms with E-state index in [0.717, 1.165) is 5.56 Å². The lowest BCUT2D eigenvalue weighted by Crippen LogP contribution is -2.37. The van der Waals surface area contributed by atoms with Gasteiger partial charge in [-0.05, 0) is 49.3 Å². The average Bonchev–Trinajstić information content (AvgIpc) is 3.11. The molecule has 1 saturated heterocycles. The van der Waals surface area contributed by atoms with Crippen molar-refractivity contribution >= 4 is 17.7 Å². The van der Waals surface area contributed by atoms with Crippen LogP contribution in [-0.4, -0.2) is 57.8 Å². The Hall–Kier alpha value is -2.26. The minimum Gasteiger partial charge on any atom is -0.389 e. The Balaban J connectivity index is 1.38. The molecule has 2 aromatic rings. The van der Waals surface area contributed by atoms with E-state index in [1.165, 1.54) is 0 Å². The minimum atomic E-state index is -4.13. The van der Waals surface area contributed by atoms with Gasteiger partial charge in [0.15, 0.2) is 0 Å². The van der Waals surface area contributed by atoms with Crippen molar-refractivity contribution in [2.45, 2.75) is 39.0 Å². The predicted octanol–water partition coefficient (Wildman–Crippen LogP) is 5.25. The van der Waals surface area contributed by atoms with Crippen LogP contribution in [0.2, 0.25) is 5.02 Å². The number of carbonyl (C=O) groups excluding carboxylic acids is 1. The maximum atomic E-state index is 13.0. The van der Waals surface area contributed by atoms with E-state index in [9.17, 15) is 18.0 Å². The van der Waals surface area contributed by atoms with Crippen LogP contribution in [0.15, 0.2) is 36.8 Å². The number of rotatable bonds is 8. The number of ether oxygens (including phenoxy) is 1. The highest BCUT2D eigenvalue weighted by Crippen LogP contribution is 2.52. The molecular formula is C23H28ClF3N4O2. The highest BCUT2D eigenvalue weighted by Gasteiger charge is 2.56. The van der Waals surface area contributed by atoms with Gasteiger partial charge >= 0.3 is 12.3 Å². The van der Waals surface area contributed by atoms with Gasteiger partial charge in [-0.15, -0.1) is 0 Å². The molecule has 180 valence electrons. The number of piperidine rings is 1. The molecule has 2 heterocycles. The lowest BCUT2D eigenvalue weighted by molar-refractivity contribution is -0.137. The highest BCUT2D eigenvalue weighted by atomic mass is 35.5. The van der Waals surface area contributed by atoms with Gasteiger partial charge in [0, 0.05) is 43.8 Å². The normalized spacial score (nSPS) is 22.5. The zero-order valence-electron chi connectivity index (χ0n) is 18.6. The Bertz CT molecular complexity index is 969. The summed E-state index contributed by atoms with van der Waals surface area (Å²) in [6.07, 6.45) is -2.11. The van der Waals surface area contributed by atoms with E-state index in [-0.39, 0.29) is 24.4 Å². The molecule has 1 aliphatic heterocycles. The Morgan fingerprint density at radius 1 is 1.30 bits per heavy atom. The van der Waals surface area contributed by atoms with Gasteiger partial charge in [-0.1, -0.05) is 23.7 Å². The SMILES string of the molecule is CC(C)n1cnc(OC(=O)N(Cc2cccc(Cl)c2)CC2C3CN(CCC(F)(F)F)CC32)c1. The molecule has 2 atom stereocenters. The number of carbonyl (C=O) groups is 1. The quantitative estimate of drug-likeness (QED) is 0.513. The molecule has 2 aliphatic rings. The van der Waals surface area contributed by atoms with E-state index < -0.39 is 18.7 Å². The molecule has 4 rings (SSSR count). The van der Waals surface area contributed by atoms with Gasteiger partial charge in [-0.2, -0.15) is 13.2 Å². The van der Waals surface area contributed by atoms with E-state index in [4.69, 9.17) is 16.3 Å². The van der Waals surface area contributed by atoms with Crippen LogP contribution in [0.3, 0.4) is 0 Å². The summed E-state index contributed by atoms with van der Waals surface area (Å²) in [5, 5.41) is 0.583. The van der Waals surface area contributed by atoms with Crippen molar-refractivity contribution in [3.63, 3.8) is 0 Å². The molecule has 0 bridgehead atoms. The number of halogens is 4. The first-order valence-corrected chi connectivity index (χ1v) is 11.5. The van der Waals surface area contributed by atoms with Crippen molar-refractivity contribution < 1.29 is 22.7 Å². The van der Waals surface area contributed by atoms with Gasteiger partial charge in [0.25, 0.3) is 0 Å². The molecule has 1 aliphatic carbocycles. The molecule has 2 unspecified atom stereocenters. The smallest absolute Gasteiger partial charge is 0.389 e. The minimum absolute atomic E-state index is 0.0377. The number of fused-ring (bicyclic) bond motifs is 1. The monoisotopic (exact) mass is 484 g/mol. The summed E-state index contributed by atoms with van der Waals surface area (Å²) < 4.78 is 44.9. The van der Waals surface area contributed by atoms with Crippen molar-refractivity contribution in [3.8, 4) is 5.88 Å². The number of benzene rings is 1. The predicted molar refractivity (Wildman–Crippen MR) is 118 cm³/mol. The van der Waals surface area contributed by atoms with Gasteiger partial charge in [0.2, 0.25) is 5.88 Å². The molecule has 0 N–H and O–H groups in total. The number of imidazole rings is 1. The standard InChI is InChI=1S/C23H28ClF3N4O2/c1-15(2)31-13-21(28-14-31)33-22(32)30(9-16-4-3-5-17(24)8-16)12-20-18-10-29(11-19(18)20)7-6-23(25,26)27/h3-5,8,13-15,18-20H,6-7,9-12H2,1-2H3. The zero-order valence-corrected chi connectivity index (χ0v) is 19.4. The van der Waals surface area contributed by atoms with Gasteiger partial charge in [-0.3, -0.25) is 0 Å². The Morgan fingerprint density at radius 3 is 2.64 bits per heavy atom. The van der Waals surface area contributed by atoms with E-state index in [0.29, 0.717) is 43.0 Å². The van der Waals surface area contributed by atoms with Crippen LogP contribution in [0, 0.1) is 17.8 Å². The summed E-state index contributed by atoms with van der Waals surface area (Å²) in [4.78, 5) is 20.7. The maximum Gasteiger partial charge on any atom is 0.416 e. The molecule has 0 spiro atoms. The summed E-state index contributed by atoms with van der Waals surface area (Å²) >= 11 is 6.11. The Labute approximate surface area is 196 Å². The second-order valence-corrected chi connectivity index (χ2v) is 9.68. The summed E-state index contributed by atoms with van der Waals surface area (Å²) in [6.45, 7) is 6.15. The molecule has 6 nitrogen and oxygen atoms in total. The highest BCUT2D eigenvalue weighted by molar-refractivity contribution is 6.30. The van der Waals surface area contributed by atoms with Crippen LogP contribution in [0.4, 0.5) is 18.0 Å². The van der Waals surface area contributed by atoms with Crippen LogP contribution in [0.25, 0.3) is 0 Å². The third-order valence-corrected chi connectivity index (χ3v) is 6.71. The number of nitrogens with zero attached hydrogens (tertiary/aromatic N) is 4. The van der Waals surface area contributed by atoms with Gasteiger partial charge in [0.1, 0.15) is 0 Å². The summed E-state index contributed by atoms with van der Waals surface area (Å²) in [6, 6.07) is 7.50. The summed E-state index contributed by atoms with van der Waals surface area (Å²) in [7, 11) is 0. The van der Waals surface area contributed by atoms with Crippen LogP contribution >= 0.6 is 11.6 Å². The number of hydrogen-bond acceptors (Lipinski definition) is 4. The van der Waals surface area contributed by atoms with Crippen molar-refractivity contribution in [2.75, 3.05) is 26.2 Å². The molecule has 0 radical (unpaired) electrons.